The number of nitrogens with one attached hydrogen (secondary N) is 1. The van der Waals surface area contributed by atoms with Gasteiger partial charge in [-0.05, 0) is 18.6 Å². The Morgan fingerprint density at radius 1 is 1.45 bits per heavy atom. The van der Waals surface area contributed by atoms with Gasteiger partial charge in [-0.1, -0.05) is 60.7 Å². The van der Waals surface area contributed by atoms with E-state index in [1.807, 2.05) is 0 Å². The number of halogens is 1. The predicted molar refractivity (Wildman–Crippen MR) is 84.9 cm³/mol. The van der Waals surface area contributed by atoms with Crippen LogP contribution in [0.25, 0.3) is 0 Å². The fourth-order valence-electron chi connectivity index (χ4n) is 1.37. The summed E-state index contributed by atoms with van der Waals surface area (Å²) >= 11 is 9.01. The molecule has 0 radical (unpaired) electrons. The molecule has 1 atom stereocenters. The number of thioether (sulfide) groups is 1. The summed E-state index contributed by atoms with van der Waals surface area (Å²) in [6, 6.07) is 6.91. The predicted octanol–water partition coefficient (Wildman–Crippen LogP) is 4.33. The second-order valence-electron chi connectivity index (χ2n) is 4.14. The van der Waals surface area contributed by atoms with Crippen LogP contribution >= 0.6 is 34.7 Å². The van der Waals surface area contributed by atoms with Crippen molar-refractivity contribution in [2.45, 2.75) is 29.9 Å². The molecule has 7 heteroatoms. The Morgan fingerprint density at radius 3 is 2.90 bits per heavy atom. The number of hydrogen-bond acceptors (Lipinski definition) is 5. The van der Waals surface area contributed by atoms with E-state index in [1.165, 1.54) is 11.3 Å². The molecule has 0 aliphatic heterocycles. The summed E-state index contributed by atoms with van der Waals surface area (Å²) in [5.74, 6) is -0.271. The molecule has 1 aromatic carbocycles. The van der Waals surface area contributed by atoms with Crippen molar-refractivity contribution in [3.8, 4) is 0 Å². The molecule has 1 amide bonds. The molecule has 0 saturated carbocycles. The second-order valence-corrected chi connectivity index (χ2v) is 7.21. The zero-order valence-electron chi connectivity index (χ0n) is 11.1. The van der Waals surface area contributed by atoms with Crippen molar-refractivity contribution in [1.82, 2.24) is 10.2 Å². The van der Waals surface area contributed by atoms with Gasteiger partial charge in [0.05, 0.1) is 10.6 Å². The number of benzene rings is 1. The molecule has 1 N–H and O–H groups in total. The number of rotatable bonds is 5. The largest absolute Gasteiger partial charge is 0.296 e. The SMILES string of the molecule is CC[C@H](C)Sc1nnc(NC(=O)c2ccccc2Cl)s1. The third kappa shape index (κ3) is 3.94. The van der Waals surface area contributed by atoms with E-state index in [1.54, 1.807) is 36.0 Å². The maximum Gasteiger partial charge on any atom is 0.259 e. The molecular weight excluding hydrogens is 314 g/mol. The Kier molecular flexibility index (Phi) is 5.39. The van der Waals surface area contributed by atoms with Crippen molar-refractivity contribution in [2.75, 3.05) is 5.32 Å². The zero-order valence-corrected chi connectivity index (χ0v) is 13.5. The summed E-state index contributed by atoms with van der Waals surface area (Å²) in [6.07, 6.45) is 1.06. The van der Waals surface area contributed by atoms with Crippen LogP contribution in [0.4, 0.5) is 5.13 Å². The molecule has 0 saturated heterocycles. The lowest BCUT2D eigenvalue weighted by Crippen LogP contribution is -2.12. The van der Waals surface area contributed by atoms with Gasteiger partial charge >= 0.3 is 0 Å². The molecule has 2 aromatic rings. The molecule has 1 heterocycles. The number of amides is 1. The highest BCUT2D eigenvalue weighted by atomic mass is 35.5. The molecule has 0 fully saturated rings. The Bertz CT molecular complexity index is 603. The van der Waals surface area contributed by atoms with Gasteiger partial charge in [-0.15, -0.1) is 10.2 Å². The Labute approximate surface area is 130 Å². The average Bonchev–Trinajstić information content (AvgIpc) is 2.86. The summed E-state index contributed by atoms with van der Waals surface area (Å²) < 4.78 is 0.855. The number of anilines is 1. The number of hydrogen-bond donors (Lipinski definition) is 1. The summed E-state index contributed by atoms with van der Waals surface area (Å²) in [4.78, 5) is 12.1. The van der Waals surface area contributed by atoms with Crippen LogP contribution in [0.15, 0.2) is 28.6 Å². The van der Waals surface area contributed by atoms with Gasteiger partial charge in [0, 0.05) is 5.25 Å². The van der Waals surface area contributed by atoms with Crippen molar-refractivity contribution in [1.29, 1.82) is 0 Å². The van der Waals surface area contributed by atoms with Crippen LogP contribution < -0.4 is 5.32 Å². The highest BCUT2D eigenvalue weighted by Gasteiger charge is 2.13. The van der Waals surface area contributed by atoms with Gasteiger partial charge in [-0.25, -0.2) is 0 Å². The minimum Gasteiger partial charge on any atom is -0.296 e. The van der Waals surface area contributed by atoms with Gasteiger partial charge in [-0.3, -0.25) is 10.1 Å². The van der Waals surface area contributed by atoms with E-state index < -0.39 is 0 Å². The van der Waals surface area contributed by atoms with Gasteiger partial charge in [0.1, 0.15) is 0 Å². The van der Waals surface area contributed by atoms with Crippen LogP contribution in [0, 0.1) is 0 Å². The van der Waals surface area contributed by atoms with Crippen LogP contribution in [0.1, 0.15) is 30.6 Å². The third-order valence-corrected chi connectivity index (χ3v) is 5.14. The van der Waals surface area contributed by atoms with Crippen LogP contribution in [-0.4, -0.2) is 21.4 Å². The molecule has 2 rings (SSSR count). The molecule has 106 valence electrons. The van der Waals surface area contributed by atoms with Gasteiger partial charge in [0.15, 0.2) is 4.34 Å². The van der Waals surface area contributed by atoms with E-state index in [0.717, 1.165) is 10.8 Å². The van der Waals surface area contributed by atoms with Crippen LogP contribution in [0.2, 0.25) is 5.02 Å². The maximum absolute atomic E-state index is 12.1. The van der Waals surface area contributed by atoms with Crippen LogP contribution in [-0.2, 0) is 0 Å². The molecular formula is C13H14ClN3OS2. The molecule has 0 bridgehead atoms. The Morgan fingerprint density at radius 2 is 2.20 bits per heavy atom. The van der Waals surface area contributed by atoms with E-state index in [2.05, 4.69) is 29.4 Å². The van der Waals surface area contributed by atoms with Crippen molar-refractivity contribution in [3.05, 3.63) is 34.9 Å². The van der Waals surface area contributed by atoms with E-state index in [4.69, 9.17) is 11.6 Å². The molecule has 0 spiro atoms. The van der Waals surface area contributed by atoms with Crippen molar-refractivity contribution in [2.24, 2.45) is 0 Å². The quantitative estimate of drug-likeness (QED) is 0.655. The monoisotopic (exact) mass is 327 g/mol. The third-order valence-electron chi connectivity index (χ3n) is 2.62. The van der Waals surface area contributed by atoms with Crippen molar-refractivity contribution in [3.63, 3.8) is 0 Å². The molecule has 4 nitrogen and oxygen atoms in total. The topological polar surface area (TPSA) is 54.9 Å². The van der Waals surface area contributed by atoms with E-state index >= 15 is 0 Å². The fraction of sp³-hybridized carbons (Fsp3) is 0.308. The normalized spacial score (nSPS) is 12.2. The molecule has 1 aromatic heterocycles. The number of aromatic nitrogens is 2. The lowest BCUT2D eigenvalue weighted by molar-refractivity contribution is 0.102. The minimum atomic E-state index is -0.271. The smallest absolute Gasteiger partial charge is 0.259 e. The van der Waals surface area contributed by atoms with Gasteiger partial charge in [-0.2, -0.15) is 0 Å². The summed E-state index contributed by atoms with van der Waals surface area (Å²) in [5.41, 5.74) is 0.431. The summed E-state index contributed by atoms with van der Waals surface area (Å²) in [5, 5.41) is 12.1. The lowest BCUT2D eigenvalue weighted by atomic mass is 10.2. The summed E-state index contributed by atoms with van der Waals surface area (Å²) in [7, 11) is 0. The van der Waals surface area contributed by atoms with Crippen LogP contribution in [0.5, 0.6) is 0 Å². The van der Waals surface area contributed by atoms with Gasteiger partial charge in [0.25, 0.3) is 5.91 Å². The minimum absolute atomic E-state index is 0.271. The van der Waals surface area contributed by atoms with E-state index in [9.17, 15) is 4.79 Å². The van der Waals surface area contributed by atoms with Crippen LogP contribution in [0.3, 0.4) is 0 Å². The van der Waals surface area contributed by atoms with E-state index in [-0.39, 0.29) is 5.91 Å². The highest BCUT2D eigenvalue weighted by Crippen LogP contribution is 2.30. The molecule has 20 heavy (non-hydrogen) atoms. The first kappa shape index (κ1) is 15.3. The standard InChI is InChI=1S/C13H14ClN3OS2/c1-3-8(2)19-13-17-16-12(20-13)15-11(18)9-6-4-5-7-10(9)14/h4-8H,3H2,1-2H3,(H,15,16,18)/t8-/m0/s1. The molecule has 0 aliphatic carbocycles. The number of nitrogens with zero attached hydrogens (tertiary/aromatic N) is 2. The van der Waals surface area contributed by atoms with Gasteiger partial charge < -0.3 is 0 Å². The first-order valence-corrected chi connectivity index (χ1v) is 8.23. The second kappa shape index (κ2) is 7.06. The number of carbonyl (C=O) groups is 1. The number of carbonyl (C=O) groups excluding carboxylic acids is 1. The lowest BCUT2D eigenvalue weighted by Gasteiger charge is -2.03. The average molecular weight is 328 g/mol. The maximum atomic E-state index is 12.1. The van der Waals surface area contributed by atoms with Gasteiger partial charge in [0.2, 0.25) is 5.13 Å². The molecule has 0 unspecified atom stereocenters. The summed E-state index contributed by atoms with van der Waals surface area (Å²) in [6.45, 7) is 4.26. The molecule has 0 aliphatic rings. The highest BCUT2D eigenvalue weighted by molar-refractivity contribution is 8.01. The van der Waals surface area contributed by atoms with E-state index in [0.29, 0.717) is 21.0 Å². The van der Waals surface area contributed by atoms with Crippen molar-refractivity contribution >= 4 is 45.7 Å². The Hall–Kier alpha value is -1.11. The first-order chi connectivity index (χ1) is 9.60. The fourth-order valence-corrected chi connectivity index (χ4v) is 3.59. The Balaban J connectivity index is 2.04. The first-order valence-electron chi connectivity index (χ1n) is 6.16. The zero-order chi connectivity index (χ0) is 14.5. The van der Waals surface area contributed by atoms with Crippen molar-refractivity contribution < 1.29 is 4.79 Å².